The van der Waals surface area contributed by atoms with Crippen LogP contribution in [0.5, 0.6) is 0 Å². The molecule has 2 nitrogen and oxygen atoms in total. The quantitative estimate of drug-likeness (QED) is 0.569. The molecule has 1 fully saturated rings. The molecule has 0 amide bonds. The van der Waals surface area contributed by atoms with Crippen molar-refractivity contribution in [1.82, 2.24) is 5.32 Å². The van der Waals surface area contributed by atoms with Crippen LogP contribution in [0, 0.1) is 0 Å². The summed E-state index contributed by atoms with van der Waals surface area (Å²) in [6.45, 7) is 3.61. The summed E-state index contributed by atoms with van der Waals surface area (Å²) in [7, 11) is 0. The van der Waals surface area contributed by atoms with Crippen molar-refractivity contribution in [2.75, 3.05) is 13.2 Å². The fraction of sp³-hybridized carbons (Fsp3) is 1.00. The lowest BCUT2D eigenvalue weighted by Crippen LogP contribution is -2.36. The molecule has 1 saturated heterocycles. The monoisotopic (exact) mass is 129 g/mol. The standard InChI is InChI=1S/C7H15NO/c1-7(4-6-9)3-2-5-8-7/h8-9H,2-6H2,1H3. The maximum Gasteiger partial charge on any atom is 0.0448 e. The summed E-state index contributed by atoms with van der Waals surface area (Å²) in [6.07, 6.45) is 3.37. The van der Waals surface area contributed by atoms with E-state index in [9.17, 15) is 0 Å². The summed E-state index contributed by atoms with van der Waals surface area (Å²) < 4.78 is 0. The Balaban J connectivity index is 2.32. The highest BCUT2D eigenvalue weighted by molar-refractivity contribution is 4.87. The van der Waals surface area contributed by atoms with Crippen LogP contribution in [0.1, 0.15) is 26.2 Å². The van der Waals surface area contributed by atoms with Gasteiger partial charge in [-0.25, -0.2) is 0 Å². The van der Waals surface area contributed by atoms with Crippen LogP contribution in [0.2, 0.25) is 0 Å². The molecule has 0 radical (unpaired) electrons. The van der Waals surface area contributed by atoms with Crippen molar-refractivity contribution in [3.63, 3.8) is 0 Å². The van der Waals surface area contributed by atoms with Crippen LogP contribution >= 0.6 is 0 Å². The van der Waals surface area contributed by atoms with E-state index in [0.29, 0.717) is 6.61 Å². The summed E-state index contributed by atoms with van der Waals surface area (Å²) in [5, 5.41) is 12.0. The number of rotatable bonds is 2. The topological polar surface area (TPSA) is 32.3 Å². The van der Waals surface area contributed by atoms with Crippen LogP contribution in [-0.2, 0) is 0 Å². The molecule has 2 heteroatoms. The van der Waals surface area contributed by atoms with Crippen molar-refractivity contribution < 1.29 is 5.11 Å². The summed E-state index contributed by atoms with van der Waals surface area (Å²) in [6, 6.07) is 0. The van der Waals surface area contributed by atoms with Crippen LogP contribution < -0.4 is 5.32 Å². The molecule has 0 aromatic carbocycles. The number of hydrogen-bond acceptors (Lipinski definition) is 2. The first kappa shape index (κ1) is 7.03. The van der Waals surface area contributed by atoms with Gasteiger partial charge in [-0.05, 0) is 32.7 Å². The highest BCUT2D eigenvalue weighted by Crippen LogP contribution is 2.21. The van der Waals surface area contributed by atoms with Crippen molar-refractivity contribution in [2.45, 2.75) is 31.7 Å². The largest absolute Gasteiger partial charge is 0.396 e. The Labute approximate surface area is 56.3 Å². The Morgan fingerprint density at radius 2 is 2.44 bits per heavy atom. The summed E-state index contributed by atoms with van der Waals surface area (Å²) in [5.74, 6) is 0. The second-order valence-corrected chi connectivity index (χ2v) is 3.06. The molecule has 1 aliphatic heterocycles. The summed E-state index contributed by atoms with van der Waals surface area (Å²) >= 11 is 0. The molecule has 0 spiro atoms. The minimum absolute atomic E-state index is 0.245. The maximum atomic E-state index is 8.65. The second-order valence-electron chi connectivity index (χ2n) is 3.06. The van der Waals surface area contributed by atoms with E-state index >= 15 is 0 Å². The van der Waals surface area contributed by atoms with Gasteiger partial charge in [-0.2, -0.15) is 0 Å². The average Bonchev–Trinajstić information content (AvgIpc) is 2.16. The third-order valence-corrected chi connectivity index (χ3v) is 2.12. The van der Waals surface area contributed by atoms with Gasteiger partial charge in [0.05, 0.1) is 0 Å². The zero-order valence-electron chi connectivity index (χ0n) is 5.98. The normalized spacial score (nSPS) is 35.3. The van der Waals surface area contributed by atoms with Crippen molar-refractivity contribution >= 4 is 0 Å². The molecule has 0 bridgehead atoms. The fourth-order valence-electron chi connectivity index (χ4n) is 1.42. The van der Waals surface area contributed by atoms with Crippen molar-refractivity contribution in [3.05, 3.63) is 0 Å². The van der Waals surface area contributed by atoms with E-state index in [1.807, 2.05) is 0 Å². The molecule has 0 aliphatic carbocycles. The Morgan fingerprint density at radius 3 is 2.89 bits per heavy atom. The van der Waals surface area contributed by atoms with Gasteiger partial charge in [-0.1, -0.05) is 0 Å². The molecule has 0 aromatic rings. The predicted molar refractivity (Wildman–Crippen MR) is 37.3 cm³/mol. The van der Waals surface area contributed by atoms with Crippen LogP contribution in [0.25, 0.3) is 0 Å². The van der Waals surface area contributed by atoms with Crippen molar-refractivity contribution in [2.24, 2.45) is 0 Å². The highest BCUT2D eigenvalue weighted by atomic mass is 16.3. The molecule has 9 heavy (non-hydrogen) atoms. The molecular formula is C7H15NO. The van der Waals surface area contributed by atoms with Gasteiger partial charge in [-0.15, -0.1) is 0 Å². The van der Waals surface area contributed by atoms with Gasteiger partial charge in [0.15, 0.2) is 0 Å². The van der Waals surface area contributed by atoms with Gasteiger partial charge in [0, 0.05) is 12.1 Å². The van der Waals surface area contributed by atoms with Gasteiger partial charge in [0.2, 0.25) is 0 Å². The van der Waals surface area contributed by atoms with E-state index in [-0.39, 0.29) is 5.54 Å². The van der Waals surface area contributed by atoms with Gasteiger partial charge in [0.25, 0.3) is 0 Å². The van der Waals surface area contributed by atoms with Crippen LogP contribution in [-0.4, -0.2) is 23.8 Å². The molecule has 1 rings (SSSR count). The minimum atomic E-state index is 0.245. The fourth-order valence-corrected chi connectivity index (χ4v) is 1.42. The first-order valence-corrected chi connectivity index (χ1v) is 3.63. The first-order valence-electron chi connectivity index (χ1n) is 3.63. The van der Waals surface area contributed by atoms with E-state index in [4.69, 9.17) is 5.11 Å². The minimum Gasteiger partial charge on any atom is -0.396 e. The van der Waals surface area contributed by atoms with Crippen LogP contribution in [0.4, 0.5) is 0 Å². The smallest absolute Gasteiger partial charge is 0.0448 e. The van der Waals surface area contributed by atoms with Crippen LogP contribution in [0.3, 0.4) is 0 Å². The van der Waals surface area contributed by atoms with Gasteiger partial charge in [-0.3, -0.25) is 0 Å². The van der Waals surface area contributed by atoms with Crippen molar-refractivity contribution in [3.8, 4) is 0 Å². The Kier molecular flexibility index (Phi) is 2.09. The Hall–Kier alpha value is -0.0800. The molecule has 2 N–H and O–H groups in total. The third kappa shape index (κ3) is 1.66. The van der Waals surface area contributed by atoms with E-state index in [1.54, 1.807) is 0 Å². The van der Waals surface area contributed by atoms with Gasteiger partial charge >= 0.3 is 0 Å². The second kappa shape index (κ2) is 2.67. The molecule has 54 valence electrons. The van der Waals surface area contributed by atoms with Gasteiger partial charge in [0.1, 0.15) is 0 Å². The number of aliphatic hydroxyl groups is 1. The van der Waals surface area contributed by atoms with E-state index in [1.165, 1.54) is 12.8 Å². The number of aliphatic hydroxyl groups excluding tert-OH is 1. The van der Waals surface area contributed by atoms with E-state index in [2.05, 4.69) is 12.2 Å². The zero-order valence-corrected chi connectivity index (χ0v) is 5.98. The van der Waals surface area contributed by atoms with Crippen molar-refractivity contribution in [1.29, 1.82) is 0 Å². The van der Waals surface area contributed by atoms with Gasteiger partial charge < -0.3 is 10.4 Å². The molecular weight excluding hydrogens is 114 g/mol. The lowest BCUT2D eigenvalue weighted by Gasteiger charge is -2.22. The Morgan fingerprint density at radius 1 is 1.67 bits per heavy atom. The lowest BCUT2D eigenvalue weighted by atomic mass is 9.97. The average molecular weight is 129 g/mol. The molecule has 1 heterocycles. The Bertz CT molecular complexity index is 86.9. The molecule has 1 atom stereocenters. The van der Waals surface area contributed by atoms with E-state index in [0.717, 1.165) is 13.0 Å². The third-order valence-electron chi connectivity index (χ3n) is 2.12. The molecule has 1 unspecified atom stereocenters. The highest BCUT2D eigenvalue weighted by Gasteiger charge is 2.26. The zero-order chi connectivity index (χ0) is 6.74. The lowest BCUT2D eigenvalue weighted by molar-refractivity contribution is 0.234. The maximum absolute atomic E-state index is 8.65. The SMILES string of the molecule is CC1(CCO)CCCN1. The molecule has 0 aromatic heterocycles. The number of hydrogen-bond donors (Lipinski definition) is 2. The number of nitrogens with one attached hydrogen (secondary N) is 1. The molecule has 0 saturated carbocycles. The van der Waals surface area contributed by atoms with E-state index < -0.39 is 0 Å². The predicted octanol–water partition coefficient (Wildman–Crippen LogP) is 0.511. The summed E-state index contributed by atoms with van der Waals surface area (Å²) in [4.78, 5) is 0. The molecule has 1 aliphatic rings. The van der Waals surface area contributed by atoms with Crippen LogP contribution in [0.15, 0.2) is 0 Å². The first-order chi connectivity index (χ1) is 4.27. The summed E-state index contributed by atoms with van der Waals surface area (Å²) in [5.41, 5.74) is 0.245.